The first-order valence-corrected chi connectivity index (χ1v) is 17.3. The Morgan fingerprint density at radius 3 is 2.55 bits per heavy atom. The van der Waals surface area contributed by atoms with Crippen molar-refractivity contribution in [3.8, 4) is 0 Å². The topological polar surface area (TPSA) is 257 Å². The Balaban J connectivity index is 1.43. The van der Waals surface area contributed by atoms with Crippen LogP contribution in [0.2, 0.25) is 0 Å². The number of aromatic nitrogens is 2. The van der Waals surface area contributed by atoms with E-state index in [0.29, 0.717) is 15.8 Å². The molecule has 2 saturated heterocycles. The van der Waals surface area contributed by atoms with Crippen molar-refractivity contribution < 1.29 is 66.8 Å². The molecule has 22 heteroatoms. The van der Waals surface area contributed by atoms with Gasteiger partial charge in [0.15, 0.2) is 6.29 Å². The number of aliphatic hydroxyl groups excluding tert-OH is 5. The molecule has 4 heterocycles. The molecule has 0 aliphatic carbocycles. The molecule has 2 aromatic rings. The number of likely N-dealkylation sites (N-methyl/N-ethyl adjacent to an activating group) is 1. The van der Waals surface area contributed by atoms with E-state index in [4.69, 9.17) is 24.8 Å². The van der Waals surface area contributed by atoms with Crippen LogP contribution in [0, 0.1) is 0 Å². The number of aliphatic hydroxyl groups is 5. The van der Waals surface area contributed by atoms with E-state index in [1.165, 1.54) is 22.6 Å². The molecule has 2 aromatic heterocycles. The second-order valence-electron chi connectivity index (χ2n) is 9.73. The lowest BCUT2D eigenvalue weighted by Gasteiger charge is -2.41. The van der Waals surface area contributed by atoms with Gasteiger partial charge in [-0.1, -0.05) is 12.2 Å². The van der Waals surface area contributed by atoms with Crippen LogP contribution in [-0.2, 0) is 32.0 Å². The second kappa shape index (κ2) is 13.2. The fraction of sp³-hybridized carbons (Fsp3) is 0.700. The maximum atomic E-state index is 15.7. The zero-order valence-corrected chi connectivity index (χ0v) is 25.4. The van der Waals surface area contributed by atoms with E-state index in [9.17, 15) is 34.4 Å². The van der Waals surface area contributed by atoms with Gasteiger partial charge in [-0.3, -0.25) is 9.05 Å². The molecule has 0 amide bonds. The van der Waals surface area contributed by atoms with Gasteiger partial charge in [-0.2, -0.15) is 4.31 Å². The van der Waals surface area contributed by atoms with Gasteiger partial charge in [0.2, 0.25) is 0 Å². The van der Waals surface area contributed by atoms with Crippen LogP contribution in [-0.4, -0.2) is 128 Å². The van der Waals surface area contributed by atoms with E-state index in [0.717, 1.165) is 0 Å². The lowest BCUT2D eigenvalue weighted by Crippen LogP contribution is -2.61. The summed E-state index contributed by atoms with van der Waals surface area (Å²) in [5, 5.41) is 50.6. The molecule has 12 atom stereocenters. The molecule has 0 spiro atoms. The molecule has 7 unspecified atom stereocenters. The highest BCUT2D eigenvalue weighted by Crippen LogP contribution is 2.66. The number of nitrogen functional groups attached to an aromatic ring is 1. The van der Waals surface area contributed by atoms with Crippen molar-refractivity contribution in [3.63, 3.8) is 0 Å². The standard InChI is InChI=1S/C20H31FN4O13P2S2/c1-25(2)12-9(35-16(10(12)21)7-5-42-18-11(7)23-6-24-19(18)22)4-34-40(33,41)38-39(31,32)37-20-15(30)13(28)14(29)17(36-20)8(27)3-26/h5-6,8-10,12-17,20,26-30H,3-4H2,1-2H3,(H,31,32)(H,33,41)(H2,22,23,24)/t8-,9+,10+,12+,13?,14?,15?,16-,17?,20?,40?/m0/s1. The van der Waals surface area contributed by atoms with Crippen LogP contribution in [0.1, 0.15) is 11.7 Å². The Bertz CT molecular complexity index is 1350. The minimum atomic E-state index is -5.46. The van der Waals surface area contributed by atoms with Crippen molar-refractivity contribution in [2.45, 2.75) is 61.2 Å². The number of rotatable bonds is 11. The van der Waals surface area contributed by atoms with Gasteiger partial charge in [-0.05, 0) is 19.5 Å². The van der Waals surface area contributed by atoms with Crippen molar-refractivity contribution >= 4 is 54.2 Å². The van der Waals surface area contributed by atoms with Gasteiger partial charge in [0, 0.05) is 5.56 Å². The Labute approximate surface area is 247 Å². The molecule has 2 aliphatic heterocycles. The van der Waals surface area contributed by atoms with Crippen molar-refractivity contribution in [3.05, 3.63) is 17.3 Å². The fourth-order valence-electron chi connectivity index (χ4n) is 4.67. The number of halogens is 1. The lowest BCUT2D eigenvalue weighted by atomic mass is 9.96. The molecule has 2 fully saturated rings. The number of fused-ring (bicyclic) bond motifs is 1. The first-order chi connectivity index (χ1) is 19.6. The van der Waals surface area contributed by atoms with Gasteiger partial charge in [0.1, 0.15) is 61.0 Å². The summed E-state index contributed by atoms with van der Waals surface area (Å²) in [6, 6.07) is -0.941. The summed E-state index contributed by atoms with van der Waals surface area (Å²) in [5.74, 6) is 0.217. The maximum absolute atomic E-state index is 15.7. The minimum absolute atomic E-state index is 0.217. The van der Waals surface area contributed by atoms with Crippen LogP contribution >= 0.6 is 38.2 Å². The number of hydrogen-bond acceptors (Lipinski definition) is 17. The quantitative estimate of drug-likeness (QED) is 0.108. The summed E-state index contributed by atoms with van der Waals surface area (Å²) < 4.78 is 67.0. The summed E-state index contributed by atoms with van der Waals surface area (Å²) in [6.07, 6.45) is -14.4. The first-order valence-electron chi connectivity index (χ1n) is 12.2. The summed E-state index contributed by atoms with van der Waals surface area (Å²) in [5.41, 5.74) is 6.69. The molecule has 0 aromatic carbocycles. The van der Waals surface area contributed by atoms with Gasteiger partial charge in [-0.15, -0.1) is 11.3 Å². The van der Waals surface area contributed by atoms with Gasteiger partial charge in [0.25, 0.3) is 0 Å². The van der Waals surface area contributed by atoms with E-state index in [1.807, 2.05) is 0 Å². The Hall–Kier alpha value is -0.900. The zero-order valence-electron chi connectivity index (χ0n) is 21.9. The smallest absolute Gasteiger partial charge is 0.394 e. The largest absolute Gasteiger partial charge is 0.482 e. The molecular weight excluding hydrogens is 649 g/mol. The van der Waals surface area contributed by atoms with Crippen LogP contribution < -0.4 is 5.73 Å². The van der Waals surface area contributed by atoms with Crippen molar-refractivity contribution in [2.24, 2.45) is 0 Å². The third-order valence-corrected chi connectivity index (χ3v) is 11.3. The van der Waals surface area contributed by atoms with E-state index in [1.54, 1.807) is 19.5 Å². The summed E-state index contributed by atoms with van der Waals surface area (Å²) in [6.45, 7) is -6.33. The average Bonchev–Trinajstić information content (AvgIpc) is 3.48. The first kappa shape index (κ1) is 34.0. The minimum Gasteiger partial charge on any atom is -0.394 e. The van der Waals surface area contributed by atoms with Crippen LogP contribution in [0.4, 0.5) is 10.2 Å². The highest BCUT2D eigenvalue weighted by Gasteiger charge is 2.51. The average molecular weight is 681 g/mol. The third kappa shape index (κ3) is 7.15. The number of ether oxygens (including phenoxy) is 2. The van der Waals surface area contributed by atoms with Crippen LogP contribution in [0.3, 0.4) is 0 Å². The van der Waals surface area contributed by atoms with E-state index in [2.05, 4.69) is 31.1 Å². The van der Waals surface area contributed by atoms with E-state index >= 15 is 4.39 Å². The van der Waals surface area contributed by atoms with Crippen molar-refractivity contribution in [2.75, 3.05) is 33.0 Å². The number of thiophene rings is 1. The van der Waals surface area contributed by atoms with Crippen LogP contribution in [0.5, 0.6) is 0 Å². The molecular formula is C20H31FN4O13P2S2. The van der Waals surface area contributed by atoms with Gasteiger partial charge in [-0.25, -0.2) is 23.5 Å². The van der Waals surface area contributed by atoms with E-state index in [-0.39, 0.29) is 5.82 Å². The number of phosphoric acid groups is 1. The molecule has 238 valence electrons. The van der Waals surface area contributed by atoms with Crippen LogP contribution in [0.25, 0.3) is 10.2 Å². The number of nitrogens with two attached hydrogens (primary N) is 1. The number of alkyl halides is 1. The number of thiol groups is 1. The third-order valence-electron chi connectivity index (χ3n) is 6.65. The second-order valence-corrected chi connectivity index (χ2v) is 15.1. The predicted molar refractivity (Wildman–Crippen MR) is 146 cm³/mol. The van der Waals surface area contributed by atoms with Crippen LogP contribution in [0.15, 0.2) is 11.7 Å². The van der Waals surface area contributed by atoms with Gasteiger partial charge < -0.3 is 50.5 Å². The van der Waals surface area contributed by atoms with Gasteiger partial charge in [0.05, 0.1) is 29.5 Å². The maximum Gasteiger partial charge on any atom is 0.482 e. The predicted octanol–water partition coefficient (Wildman–Crippen LogP) is -0.669. The Morgan fingerprint density at radius 1 is 1.21 bits per heavy atom. The number of hydrogen-bond donors (Lipinski definition) is 8. The number of anilines is 1. The number of nitrogens with zero attached hydrogens (tertiary/aromatic N) is 3. The van der Waals surface area contributed by atoms with Crippen molar-refractivity contribution in [1.82, 2.24) is 14.9 Å². The zero-order chi connectivity index (χ0) is 31.1. The molecule has 0 radical (unpaired) electrons. The van der Waals surface area contributed by atoms with Crippen molar-refractivity contribution in [1.29, 1.82) is 0 Å². The van der Waals surface area contributed by atoms with E-state index < -0.39 is 89.1 Å². The highest BCUT2D eigenvalue weighted by molar-refractivity contribution is 8.45. The van der Waals surface area contributed by atoms with Gasteiger partial charge >= 0.3 is 14.6 Å². The highest BCUT2D eigenvalue weighted by atomic mass is 32.7. The molecule has 2 aliphatic rings. The molecule has 0 saturated carbocycles. The Morgan fingerprint density at radius 2 is 1.90 bits per heavy atom. The molecule has 4 rings (SSSR count). The summed E-state index contributed by atoms with van der Waals surface area (Å²) in [4.78, 5) is 19.8. The normalized spacial score (nSPS) is 35.7. The summed E-state index contributed by atoms with van der Waals surface area (Å²) in [7, 11) is -2.30. The number of phosphoric ester groups is 1. The molecule has 8 N–H and O–H groups in total. The molecule has 0 bridgehead atoms. The molecule has 17 nitrogen and oxygen atoms in total. The monoisotopic (exact) mass is 680 g/mol. The summed E-state index contributed by atoms with van der Waals surface area (Å²) >= 11 is 4.88. The fourth-order valence-corrected chi connectivity index (χ4v) is 8.81. The molecule has 42 heavy (non-hydrogen) atoms. The lowest BCUT2D eigenvalue weighted by molar-refractivity contribution is -0.292. The SMILES string of the molecule is CN(C)[C@H]1[C@@H](F)[C@H](c2csc3c(N)ncnc23)O[C@@H]1COP(=O)(S)OP(=O)(O)OC1OC([C@@H](O)CO)C(O)C(O)C1O. The Kier molecular flexibility index (Phi) is 10.7.